The Balaban J connectivity index is 1.45. The molecule has 0 aliphatic carbocycles. The molecule has 4 aromatic rings. The fraction of sp³-hybridized carbons (Fsp3) is 0.103. The van der Waals surface area contributed by atoms with Gasteiger partial charge in [0, 0.05) is 0 Å². The zero-order chi connectivity index (χ0) is 28.7. The first-order chi connectivity index (χ1) is 19.1. The third-order valence-electron chi connectivity index (χ3n) is 6.28. The van der Waals surface area contributed by atoms with Crippen LogP contribution < -0.4 is 14.5 Å². The Hall–Kier alpha value is -4.25. The van der Waals surface area contributed by atoms with Gasteiger partial charge in [0.25, 0.3) is 5.91 Å². The minimum absolute atomic E-state index is 0.000290. The summed E-state index contributed by atoms with van der Waals surface area (Å²) in [7, 11) is 1.43. The molecule has 0 radical (unpaired) electrons. The van der Waals surface area contributed by atoms with Crippen molar-refractivity contribution in [3.63, 3.8) is 0 Å². The van der Waals surface area contributed by atoms with E-state index in [4.69, 9.17) is 9.47 Å². The van der Waals surface area contributed by atoms with Gasteiger partial charge in [-0.1, -0.05) is 42.5 Å². The van der Waals surface area contributed by atoms with Crippen LogP contribution in [0.5, 0.6) is 11.5 Å². The van der Waals surface area contributed by atoms with Gasteiger partial charge < -0.3 is 9.47 Å². The minimum atomic E-state index is -2.33. The molecule has 0 fully saturated rings. The normalized spacial score (nSPS) is 14.3. The van der Waals surface area contributed by atoms with Gasteiger partial charge in [-0.15, -0.1) is 0 Å². The van der Waals surface area contributed by atoms with E-state index in [0.29, 0.717) is 21.5 Å². The van der Waals surface area contributed by atoms with Gasteiger partial charge in [-0.25, -0.2) is 22.0 Å². The highest BCUT2D eigenvalue weighted by molar-refractivity contribution is 9.10. The number of hydrogen-bond acceptors (Lipinski definition) is 4. The molecule has 204 valence electrons. The Labute approximate surface area is 233 Å². The second kappa shape index (κ2) is 10.7. The van der Waals surface area contributed by atoms with E-state index in [-0.39, 0.29) is 22.9 Å². The Kier molecular flexibility index (Phi) is 7.33. The van der Waals surface area contributed by atoms with Crippen LogP contribution in [0.15, 0.2) is 69.7 Å². The molecule has 1 heterocycles. The number of carbonyl (C=O) groups excluding carboxylic acids is 1. The Morgan fingerprint density at radius 2 is 1.57 bits per heavy atom. The number of rotatable bonds is 6. The van der Waals surface area contributed by atoms with E-state index in [0.717, 1.165) is 16.3 Å². The molecular weight excluding hydrogens is 599 g/mol. The topological polar surface area (TPSA) is 51.1 Å². The molecule has 0 bridgehead atoms. The molecule has 0 spiro atoms. The highest BCUT2D eigenvalue weighted by Gasteiger charge is 2.37. The van der Waals surface area contributed by atoms with Crippen LogP contribution in [0.2, 0.25) is 0 Å². The summed E-state index contributed by atoms with van der Waals surface area (Å²) in [6.07, 6.45) is 1.36. The van der Waals surface area contributed by atoms with E-state index in [2.05, 4.69) is 21.0 Å². The van der Waals surface area contributed by atoms with E-state index in [1.807, 2.05) is 42.5 Å². The third kappa shape index (κ3) is 4.70. The quantitative estimate of drug-likeness (QED) is 0.0966. The molecule has 5 nitrogen and oxygen atoms in total. The maximum Gasteiger partial charge on any atom is 0.280 e. The van der Waals surface area contributed by atoms with Gasteiger partial charge in [0.2, 0.25) is 5.82 Å². The van der Waals surface area contributed by atoms with Crippen molar-refractivity contribution in [3.05, 3.63) is 105 Å². The molecule has 0 atom stereocenters. The molecular formula is C29H18BrF5N2O3. The fourth-order valence-electron chi connectivity index (χ4n) is 4.31. The average Bonchev–Trinajstić information content (AvgIpc) is 3.22. The van der Waals surface area contributed by atoms with E-state index in [1.54, 1.807) is 12.1 Å². The summed E-state index contributed by atoms with van der Waals surface area (Å²) < 4.78 is 81.7. The maximum atomic E-state index is 14.3. The number of carbonyl (C=O) groups is 1. The number of halogens is 6. The lowest BCUT2D eigenvalue weighted by Crippen LogP contribution is -2.25. The molecule has 0 aromatic heterocycles. The highest BCUT2D eigenvalue weighted by Crippen LogP contribution is 2.39. The van der Waals surface area contributed by atoms with Crippen molar-refractivity contribution in [1.29, 1.82) is 0 Å². The number of hydrazone groups is 1. The third-order valence-corrected chi connectivity index (χ3v) is 6.86. The lowest BCUT2D eigenvalue weighted by Gasteiger charge is -2.15. The second-order valence-electron chi connectivity index (χ2n) is 8.74. The SMILES string of the molecule is COc1cc(/C=C2\C(=O)N(c3c(F)c(F)c(F)c(F)c3F)N=C2C)cc(Br)c1OCc1cccc2ccccc12. The molecule has 0 saturated heterocycles. The average molecular weight is 617 g/mol. The van der Waals surface area contributed by atoms with Crippen LogP contribution >= 0.6 is 15.9 Å². The van der Waals surface area contributed by atoms with Crippen LogP contribution in [0.1, 0.15) is 18.1 Å². The van der Waals surface area contributed by atoms with Crippen molar-refractivity contribution in [2.75, 3.05) is 12.1 Å². The first-order valence-electron chi connectivity index (χ1n) is 11.7. The number of hydrogen-bond donors (Lipinski definition) is 0. The van der Waals surface area contributed by atoms with Gasteiger partial charge in [0.1, 0.15) is 12.3 Å². The molecule has 0 unspecified atom stereocenters. The summed E-state index contributed by atoms with van der Waals surface area (Å²) in [6, 6.07) is 16.9. The van der Waals surface area contributed by atoms with Gasteiger partial charge in [0.05, 0.1) is 22.9 Å². The predicted octanol–water partition coefficient (Wildman–Crippen LogP) is 7.69. The Morgan fingerprint density at radius 1 is 0.925 bits per heavy atom. The van der Waals surface area contributed by atoms with Gasteiger partial charge >= 0.3 is 0 Å². The highest BCUT2D eigenvalue weighted by atomic mass is 79.9. The van der Waals surface area contributed by atoms with Crippen LogP contribution in [0.4, 0.5) is 27.6 Å². The summed E-state index contributed by atoms with van der Waals surface area (Å²) in [6.45, 7) is 1.60. The monoisotopic (exact) mass is 616 g/mol. The summed E-state index contributed by atoms with van der Waals surface area (Å²) >= 11 is 3.45. The number of ether oxygens (including phenoxy) is 2. The van der Waals surface area contributed by atoms with Gasteiger partial charge in [-0.3, -0.25) is 4.79 Å². The van der Waals surface area contributed by atoms with Crippen LogP contribution in [-0.4, -0.2) is 18.7 Å². The number of benzene rings is 4. The molecule has 1 aliphatic rings. The van der Waals surface area contributed by atoms with Crippen molar-refractivity contribution >= 4 is 50.1 Å². The van der Waals surface area contributed by atoms with Crippen LogP contribution in [-0.2, 0) is 11.4 Å². The maximum absolute atomic E-state index is 14.3. The van der Waals surface area contributed by atoms with Crippen molar-refractivity contribution in [1.82, 2.24) is 0 Å². The van der Waals surface area contributed by atoms with Gasteiger partial charge in [0.15, 0.2) is 34.8 Å². The van der Waals surface area contributed by atoms with Crippen molar-refractivity contribution in [2.45, 2.75) is 13.5 Å². The first kappa shape index (κ1) is 27.3. The summed E-state index contributed by atoms with van der Waals surface area (Å²) in [5.41, 5.74) is -0.212. The largest absolute Gasteiger partial charge is 0.493 e. The van der Waals surface area contributed by atoms with Crippen LogP contribution in [0, 0.1) is 29.1 Å². The number of fused-ring (bicyclic) bond motifs is 1. The van der Waals surface area contributed by atoms with Gasteiger partial charge in [-0.2, -0.15) is 10.1 Å². The smallest absolute Gasteiger partial charge is 0.280 e. The molecule has 11 heteroatoms. The summed E-state index contributed by atoms with van der Waals surface area (Å²) in [5.74, 6) is -11.4. The van der Waals surface area contributed by atoms with Crippen molar-refractivity contribution in [2.24, 2.45) is 5.10 Å². The predicted molar refractivity (Wildman–Crippen MR) is 144 cm³/mol. The number of amides is 1. The standard InChI is InChI=1S/C29H18BrF5N2O3/c1-14-19(29(38)37(36-14)27-25(34)23(32)22(31)24(33)26(27)35)10-15-11-20(30)28(21(12-15)39-2)40-13-17-8-5-7-16-6-3-4-9-18(16)17/h3-12H,13H2,1-2H3/b19-10-. The zero-order valence-electron chi connectivity index (χ0n) is 20.9. The minimum Gasteiger partial charge on any atom is -0.493 e. The molecule has 0 N–H and O–H groups in total. The molecule has 0 saturated carbocycles. The van der Waals surface area contributed by atoms with E-state index in [9.17, 15) is 26.7 Å². The zero-order valence-corrected chi connectivity index (χ0v) is 22.5. The second-order valence-corrected chi connectivity index (χ2v) is 9.59. The number of nitrogens with zero attached hydrogens (tertiary/aromatic N) is 2. The van der Waals surface area contributed by atoms with Crippen LogP contribution in [0.25, 0.3) is 16.8 Å². The van der Waals surface area contributed by atoms with E-state index in [1.165, 1.54) is 20.1 Å². The van der Waals surface area contributed by atoms with Crippen molar-refractivity contribution in [3.8, 4) is 11.5 Å². The lowest BCUT2D eigenvalue weighted by molar-refractivity contribution is -0.114. The first-order valence-corrected chi connectivity index (χ1v) is 12.5. The van der Waals surface area contributed by atoms with E-state index >= 15 is 0 Å². The van der Waals surface area contributed by atoms with Crippen LogP contribution in [0.3, 0.4) is 0 Å². The summed E-state index contributed by atoms with van der Waals surface area (Å²) in [5, 5.41) is 6.01. The number of methoxy groups -OCH3 is 1. The molecule has 4 aromatic carbocycles. The lowest BCUT2D eigenvalue weighted by atomic mass is 10.1. The van der Waals surface area contributed by atoms with Crippen molar-refractivity contribution < 1.29 is 36.2 Å². The fourth-order valence-corrected chi connectivity index (χ4v) is 4.89. The Bertz CT molecular complexity index is 1720. The molecule has 5 rings (SSSR count). The van der Waals surface area contributed by atoms with Gasteiger partial charge in [-0.05, 0) is 63.0 Å². The number of anilines is 1. The Morgan fingerprint density at radius 3 is 2.27 bits per heavy atom. The summed E-state index contributed by atoms with van der Waals surface area (Å²) in [4.78, 5) is 13.0. The van der Waals surface area contributed by atoms with E-state index < -0.39 is 40.7 Å². The molecule has 1 amide bonds. The molecule has 40 heavy (non-hydrogen) atoms. The molecule has 1 aliphatic heterocycles.